The van der Waals surface area contributed by atoms with Gasteiger partial charge < -0.3 is 19.9 Å². The second-order valence-corrected chi connectivity index (χ2v) is 17.1. The number of imide groups is 2. The Morgan fingerprint density at radius 1 is 0.933 bits per heavy atom. The highest BCUT2D eigenvalue weighted by Crippen LogP contribution is 2.36. The van der Waals surface area contributed by atoms with Gasteiger partial charge in [0.25, 0.3) is 17.7 Å². The zero-order valence-electron chi connectivity index (χ0n) is 33.1. The minimum atomic E-state index is -1.11. The van der Waals surface area contributed by atoms with E-state index in [9.17, 15) is 24.0 Å². The highest BCUT2D eigenvalue weighted by Gasteiger charge is 2.46. The summed E-state index contributed by atoms with van der Waals surface area (Å²) in [5.41, 5.74) is 0.430. The van der Waals surface area contributed by atoms with Gasteiger partial charge >= 0.3 is 0 Å². The zero-order chi connectivity index (χ0) is 42.2. The molecule has 0 radical (unpaired) electrons. The number of nitrogens with zero attached hydrogens (tertiary/aromatic N) is 5. The number of fused-ring (bicyclic) bond motifs is 3. The Hall–Kier alpha value is -5.66. The summed E-state index contributed by atoms with van der Waals surface area (Å²) in [5.74, 6) is -2.36. The van der Waals surface area contributed by atoms with Crippen LogP contribution in [-0.4, -0.2) is 119 Å². The molecule has 0 aromatic heterocycles. The number of ether oxygens (including phenoxy) is 1. The average molecular weight is 840 g/mol. The van der Waals surface area contributed by atoms with Crippen LogP contribution in [-0.2, 0) is 14.4 Å². The second kappa shape index (κ2) is 17.1. The molecule has 4 N–H and O–H groups in total. The van der Waals surface area contributed by atoms with E-state index in [2.05, 4.69) is 20.4 Å². The van der Waals surface area contributed by atoms with Gasteiger partial charge in [-0.25, -0.2) is 4.39 Å². The molecule has 15 nitrogen and oxygen atoms in total. The van der Waals surface area contributed by atoms with Gasteiger partial charge in [0.1, 0.15) is 35.2 Å². The molecule has 3 unspecified atom stereocenters. The first-order chi connectivity index (χ1) is 28.9. The Labute approximate surface area is 351 Å². The van der Waals surface area contributed by atoms with Crippen LogP contribution in [0.25, 0.3) is 0 Å². The minimum Gasteiger partial charge on any atom is -0.490 e. The molecule has 1 saturated carbocycles. The summed E-state index contributed by atoms with van der Waals surface area (Å²) in [6, 6.07) is 8.66. The molecule has 17 heteroatoms. The number of benzene rings is 2. The van der Waals surface area contributed by atoms with Crippen LogP contribution >= 0.6 is 11.6 Å². The van der Waals surface area contributed by atoms with Gasteiger partial charge in [0.05, 0.1) is 33.5 Å². The van der Waals surface area contributed by atoms with Gasteiger partial charge in [-0.3, -0.25) is 49.9 Å². The molecule has 314 valence electrons. The fraction of sp³-hybridized carbons (Fsp3) is 0.488. The van der Waals surface area contributed by atoms with Crippen LogP contribution in [0.1, 0.15) is 90.5 Å². The van der Waals surface area contributed by atoms with Gasteiger partial charge in [-0.1, -0.05) is 11.6 Å². The Morgan fingerprint density at radius 2 is 1.62 bits per heavy atom. The van der Waals surface area contributed by atoms with Crippen molar-refractivity contribution in [2.45, 2.75) is 94.5 Å². The van der Waals surface area contributed by atoms with Gasteiger partial charge in [0, 0.05) is 63.3 Å². The van der Waals surface area contributed by atoms with Gasteiger partial charge in [-0.2, -0.15) is 5.26 Å². The number of nitrogens with one attached hydrogen (secondary N) is 4. The van der Waals surface area contributed by atoms with Crippen molar-refractivity contribution in [1.29, 1.82) is 16.1 Å². The first-order valence-electron chi connectivity index (χ1n) is 20.7. The predicted octanol–water partition coefficient (Wildman–Crippen LogP) is 4.18. The quantitative estimate of drug-likeness (QED) is 0.153. The molecular formula is C43H47ClFN9O6. The fourth-order valence-corrected chi connectivity index (χ4v) is 9.95. The Morgan fingerprint density at radius 3 is 2.27 bits per heavy atom. The molecule has 5 amide bonds. The third-order valence-electron chi connectivity index (χ3n) is 12.8. The SMILES string of the molecule is N#Cc1ccc(OC2CCC(NC(=O)C(=N)/C=C\C(=N)N3C4CCC3CN(CC3CCN(c5cc6c(cc5F)C(=O)N(C5CCC(=O)NC5=O)C6=O)CC3)C4)CC2)cc1Cl. The summed E-state index contributed by atoms with van der Waals surface area (Å²) in [6.07, 6.45) is 9.36. The molecule has 1 aliphatic carbocycles. The number of likely N-dealkylation sites (tertiary alicyclic amines) is 1. The van der Waals surface area contributed by atoms with Gasteiger partial charge in [0.15, 0.2) is 0 Å². The van der Waals surface area contributed by atoms with E-state index in [0.29, 0.717) is 54.0 Å². The Bertz CT molecular complexity index is 2200. The van der Waals surface area contributed by atoms with E-state index in [1.54, 1.807) is 24.3 Å². The minimum absolute atomic E-state index is 0.00631. The number of carbonyl (C=O) groups excluding carboxylic acids is 5. The van der Waals surface area contributed by atoms with E-state index in [1.807, 2.05) is 11.0 Å². The van der Waals surface area contributed by atoms with Crippen molar-refractivity contribution < 1.29 is 33.1 Å². The van der Waals surface area contributed by atoms with Crippen molar-refractivity contribution in [1.82, 2.24) is 25.3 Å². The van der Waals surface area contributed by atoms with Crippen LogP contribution in [0.5, 0.6) is 5.75 Å². The molecule has 60 heavy (non-hydrogen) atoms. The molecule has 4 saturated heterocycles. The molecule has 5 fully saturated rings. The highest BCUT2D eigenvalue weighted by atomic mass is 35.5. The highest BCUT2D eigenvalue weighted by molar-refractivity contribution is 6.42. The lowest BCUT2D eigenvalue weighted by Crippen LogP contribution is -2.56. The number of nitriles is 1. The third-order valence-corrected chi connectivity index (χ3v) is 13.2. The largest absolute Gasteiger partial charge is 0.490 e. The van der Waals surface area contributed by atoms with Gasteiger partial charge in [0.2, 0.25) is 11.8 Å². The van der Waals surface area contributed by atoms with Crippen LogP contribution in [0.15, 0.2) is 42.5 Å². The molecule has 6 aliphatic rings. The number of halogens is 2. The lowest BCUT2D eigenvalue weighted by molar-refractivity contribution is -0.136. The standard InChI is InChI=1S/C43H47ClFN9O6/c44-33-17-30(6-1-25(33)20-46)60-29-7-2-26(3-8-29)49-40(56)35(47)9-11-38(48)53-27-4-5-28(53)23-51(22-27)21-24-13-15-52(16-14-24)37-19-32-31(18-34(37)45)42(58)54(43(32)59)36-10-12-39(55)50-41(36)57/h1,6,9,11,17-19,24,26-29,36,47-48H,2-5,7-8,10,12-16,21-23H2,(H,49,56)(H,50,55,57)/b11-9-,47-35?,48-38?. The monoisotopic (exact) mass is 839 g/mol. The number of piperidine rings is 2. The van der Waals surface area contributed by atoms with Crippen LogP contribution in [0.4, 0.5) is 10.1 Å². The number of amidine groups is 1. The second-order valence-electron chi connectivity index (χ2n) is 16.7. The third kappa shape index (κ3) is 8.38. The fourth-order valence-electron chi connectivity index (χ4n) is 9.74. The van der Waals surface area contributed by atoms with E-state index < -0.39 is 41.4 Å². The molecule has 2 bridgehead atoms. The van der Waals surface area contributed by atoms with Crippen molar-refractivity contribution in [3.05, 3.63) is 70.0 Å². The average Bonchev–Trinajstić information content (AvgIpc) is 3.64. The van der Waals surface area contributed by atoms with Crippen LogP contribution in [0.3, 0.4) is 0 Å². The zero-order valence-corrected chi connectivity index (χ0v) is 33.8. The van der Waals surface area contributed by atoms with Crippen molar-refractivity contribution in [3.8, 4) is 11.8 Å². The number of hydrogen-bond acceptors (Lipinski definition) is 11. The number of anilines is 1. The molecule has 2 aromatic rings. The van der Waals surface area contributed by atoms with Crippen LogP contribution in [0, 0.1) is 33.9 Å². The Kier molecular flexibility index (Phi) is 11.7. The van der Waals surface area contributed by atoms with Crippen molar-refractivity contribution >= 4 is 58.4 Å². The van der Waals surface area contributed by atoms with E-state index in [1.165, 1.54) is 12.1 Å². The number of hydrogen-bond donors (Lipinski definition) is 4. The maximum absolute atomic E-state index is 15.5. The summed E-state index contributed by atoms with van der Waals surface area (Å²) < 4.78 is 21.5. The molecule has 2 aromatic carbocycles. The van der Waals surface area contributed by atoms with Crippen LogP contribution < -0.4 is 20.3 Å². The summed E-state index contributed by atoms with van der Waals surface area (Å²) in [6.45, 7) is 3.63. The summed E-state index contributed by atoms with van der Waals surface area (Å²) >= 11 is 6.13. The van der Waals surface area contributed by atoms with Gasteiger partial charge in [-0.15, -0.1) is 0 Å². The smallest absolute Gasteiger partial charge is 0.269 e. The topological polar surface area (TPSA) is 203 Å². The van der Waals surface area contributed by atoms with Crippen molar-refractivity contribution in [2.75, 3.05) is 37.6 Å². The first kappa shape index (κ1) is 41.1. The molecule has 5 aliphatic heterocycles. The normalized spacial score (nSPS) is 25.9. The molecule has 0 spiro atoms. The lowest BCUT2D eigenvalue weighted by atomic mass is 9.92. The number of rotatable bonds is 10. The summed E-state index contributed by atoms with van der Waals surface area (Å²) in [4.78, 5) is 70.8. The first-order valence-corrected chi connectivity index (χ1v) is 21.1. The van der Waals surface area contributed by atoms with E-state index >= 15 is 4.39 Å². The molecular weight excluding hydrogens is 793 g/mol. The van der Waals surface area contributed by atoms with Crippen molar-refractivity contribution in [2.24, 2.45) is 5.92 Å². The van der Waals surface area contributed by atoms with Crippen molar-refractivity contribution in [3.63, 3.8) is 0 Å². The van der Waals surface area contributed by atoms with Crippen LogP contribution in [0.2, 0.25) is 5.02 Å². The van der Waals surface area contributed by atoms with Gasteiger partial charge in [-0.05, 0) is 100 Å². The maximum Gasteiger partial charge on any atom is 0.269 e. The molecule has 5 heterocycles. The maximum atomic E-state index is 15.5. The number of amides is 5. The number of piperazine rings is 1. The van der Waals surface area contributed by atoms with E-state index in [4.69, 9.17) is 32.4 Å². The Balaban J connectivity index is 0.776. The molecule has 3 atom stereocenters. The predicted molar refractivity (Wildman–Crippen MR) is 219 cm³/mol. The van der Waals surface area contributed by atoms with E-state index in [-0.39, 0.29) is 59.6 Å². The lowest BCUT2D eigenvalue weighted by Gasteiger charge is -2.44. The summed E-state index contributed by atoms with van der Waals surface area (Å²) in [5, 5.41) is 31.8. The summed E-state index contributed by atoms with van der Waals surface area (Å²) in [7, 11) is 0. The molecule has 8 rings (SSSR count). The number of carbonyl (C=O) groups is 5. The van der Waals surface area contributed by atoms with E-state index in [0.717, 1.165) is 69.1 Å².